The summed E-state index contributed by atoms with van der Waals surface area (Å²) in [7, 11) is 0. The maximum atomic E-state index is 2.43. The molecule has 0 radical (unpaired) electrons. The minimum atomic E-state index is 0. The second-order valence-electron chi connectivity index (χ2n) is 35.5. The average Bonchev–Trinajstić information content (AvgIpc) is 1.59. The number of hydrogen-bond donors (Lipinski definition) is 0. The van der Waals surface area contributed by atoms with Crippen LogP contribution in [0.2, 0.25) is 0 Å². The van der Waals surface area contributed by atoms with Gasteiger partial charge < -0.3 is 28.1 Å². The van der Waals surface area contributed by atoms with Crippen LogP contribution in [0, 0.1) is 0 Å². The van der Waals surface area contributed by atoms with Crippen LogP contribution < -0.4 is 9.80 Å². The summed E-state index contributed by atoms with van der Waals surface area (Å²) in [6.07, 6.45) is 0. The first-order valence-corrected chi connectivity index (χ1v) is 47.3. The van der Waals surface area contributed by atoms with E-state index in [4.69, 9.17) is 0 Å². The van der Waals surface area contributed by atoms with Crippen LogP contribution in [0.5, 0.6) is 0 Å². The van der Waals surface area contributed by atoms with Crippen molar-refractivity contribution in [2.75, 3.05) is 9.80 Å². The molecule has 0 bridgehead atoms. The van der Waals surface area contributed by atoms with E-state index in [1.165, 1.54) is 176 Å². The Morgan fingerprint density at radius 3 is 0.547 bits per heavy atom. The lowest BCUT2D eigenvalue weighted by Crippen LogP contribution is -2.09. The molecule has 0 aliphatic carbocycles. The maximum Gasteiger partial charge on any atom is 0.0541 e. The Bertz CT molecular complexity index is 8300. The summed E-state index contributed by atoms with van der Waals surface area (Å²) >= 11 is 0. The van der Waals surface area contributed by atoms with Crippen molar-refractivity contribution in [1.82, 2.24) is 18.3 Å². The SMILES string of the molecule is C.c1ccc(-c2cc(-c3ccccc3)cc(-c3cccc(-n4c5ccccc5c5cc(-c6ccc7c(c6)c6ccccc6n7-c6ccc(N(c7ccccc7)c7ccccc7)cc6)ccc54)c3)c2)cc1.c1ccc(-c2cc(-c3ccccc3)cc(-c3cccc(-n4c5ccccc5c5cc(-c6ccc7c(c6)c6ccccc6n7-c6ccc(N(c7ccccc7)c7ccccc7)cc6)ccc54)c3)c2)cc1. The third kappa shape index (κ3) is 15.6. The first kappa shape index (κ1) is 83.7. The van der Waals surface area contributed by atoms with Gasteiger partial charge in [-0.15, -0.1) is 0 Å². The molecule has 0 unspecified atom stereocenters. The third-order valence-corrected chi connectivity index (χ3v) is 27.3. The fourth-order valence-corrected chi connectivity index (χ4v) is 20.9. The van der Waals surface area contributed by atoms with Gasteiger partial charge in [0.25, 0.3) is 0 Å². The smallest absolute Gasteiger partial charge is 0.0541 e. The molecule has 0 saturated heterocycles. The molecule has 0 atom stereocenters. The van der Waals surface area contributed by atoms with Crippen LogP contribution in [0.1, 0.15) is 7.43 Å². The van der Waals surface area contributed by atoms with Crippen molar-refractivity contribution in [3.05, 3.63) is 546 Å². The lowest BCUT2D eigenvalue weighted by Gasteiger charge is -2.25. The predicted octanol–water partition coefficient (Wildman–Crippen LogP) is 36.7. The normalized spacial score (nSPS) is 11.4. The Morgan fingerprint density at radius 2 is 0.295 bits per heavy atom. The molecule has 0 fully saturated rings. The molecule has 6 heteroatoms. The molecule has 26 rings (SSSR count). The standard InChI is InChI=1S/2C66H45N3.CH4/c2*1-5-18-46(19-6-1)51-40-52(47-20-7-2-8-21-47)42-53(41-51)48-22-17-27-58(43-48)69-64-31-16-14-29-60(64)62-45-50(33-39-66(62)69)49-32-38-65-61(44-49)59-28-13-15-30-63(59)68(65)57-36-34-56(35-37-57)67(54-23-9-3-10-24-54)55-25-11-4-12-26-55;/h2*1-45H;1H4. The Balaban J connectivity index is 0.000000150. The van der Waals surface area contributed by atoms with Gasteiger partial charge in [-0.05, 0) is 320 Å². The van der Waals surface area contributed by atoms with Gasteiger partial charge in [-0.2, -0.15) is 0 Å². The quantitative estimate of drug-likeness (QED) is 0.0856. The molecule has 22 aromatic carbocycles. The van der Waals surface area contributed by atoms with Gasteiger partial charge in [-0.1, -0.05) is 323 Å². The highest BCUT2D eigenvalue weighted by Gasteiger charge is 2.24. The zero-order valence-electron chi connectivity index (χ0n) is 75.6. The Kier molecular flexibility index (Phi) is 21.8. The lowest BCUT2D eigenvalue weighted by molar-refractivity contribution is 1.17. The molecular formula is C133H94N6. The number of fused-ring (bicyclic) bond motifs is 12. The first-order valence-electron chi connectivity index (χ1n) is 47.3. The molecule has 0 spiro atoms. The molecule has 139 heavy (non-hydrogen) atoms. The van der Waals surface area contributed by atoms with Gasteiger partial charge in [0.05, 0.1) is 44.1 Å². The third-order valence-electron chi connectivity index (χ3n) is 27.3. The average molecular weight is 1780 g/mol. The number of aromatic nitrogens is 4. The van der Waals surface area contributed by atoms with E-state index < -0.39 is 0 Å². The summed E-state index contributed by atoms with van der Waals surface area (Å²) in [6.45, 7) is 0. The summed E-state index contributed by atoms with van der Waals surface area (Å²) in [6, 6.07) is 198. The highest BCUT2D eigenvalue weighted by atomic mass is 15.2. The maximum absolute atomic E-state index is 2.43. The van der Waals surface area contributed by atoms with E-state index in [1.54, 1.807) is 0 Å². The van der Waals surface area contributed by atoms with Crippen molar-refractivity contribution in [2.24, 2.45) is 0 Å². The van der Waals surface area contributed by atoms with Gasteiger partial charge in [-0.25, -0.2) is 0 Å². The summed E-state index contributed by atoms with van der Waals surface area (Å²) in [5, 5.41) is 9.85. The van der Waals surface area contributed by atoms with Crippen LogP contribution >= 0.6 is 0 Å². The van der Waals surface area contributed by atoms with Crippen LogP contribution in [-0.2, 0) is 0 Å². The largest absolute Gasteiger partial charge is 0.311 e. The van der Waals surface area contributed by atoms with Gasteiger partial charge in [0.1, 0.15) is 0 Å². The number of hydrogen-bond acceptors (Lipinski definition) is 2. The minimum Gasteiger partial charge on any atom is -0.311 e. The fourth-order valence-electron chi connectivity index (χ4n) is 20.9. The van der Waals surface area contributed by atoms with Gasteiger partial charge in [0, 0.05) is 100.0 Å². The van der Waals surface area contributed by atoms with Crippen molar-refractivity contribution < 1.29 is 0 Å². The summed E-state index contributed by atoms with van der Waals surface area (Å²) in [5.74, 6) is 0. The zero-order valence-corrected chi connectivity index (χ0v) is 75.6. The van der Waals surface area contributed by atoms with E-state index in [0.717, 1.165) is 56.9 Å². The molecule has 0 amide bonds. The minimum absolute atomic E-state index is 0. The first-order chi connectivity index (χ1) is 68.4. The molecule has 0 saturated carbocycles. The van der Waals surface area contributed by atoms with Gasteiger partial charge in [0.2, 0.25) is 0 Å². The van der Waals surface area contributed by atoms with Crippen molar-refractivity contribution in [3.8, 4) is 112 Å². The van der Waals surface area contributed by atoms with Crippen LogP contribution in [0.3, 0.4) is 0 Å². The molecule has 0 aliphatic rings. The van der Waals surface area contributed by atoms with Crippen molar-refractivity contribution in [3.63, 3.8) is 0 Å². The van der Waals surface area contributed by atoms with Crippen LogP contribution in [0.25, 0.3) is 199 Å². The Labute approximate surface area is 808 Å². The molecule has 656 valence electrons. The van der Waals surface area contributed by atoms with E-state index in [9.17, 15) is 0 Å². The molecule has 6 nitrogen and oxygen atoms in total. The van der Waals surface area contributed by atoms with Crippen molar-refractivity contribution in [2.45, 2.75) is 7.43 Å². The molecule has 4 aromatic heterocycles. The fraction of sp³-hybridized carbons (Fsp3) is 0.00752. The Hall–Kier alpha value is -18.4. The number of rotatable bonds is 18. The van der Waals surface area contributed by atoms with Crippen LogP contribution in [-0.4, -0.2) is 18.3 Å². The van der Waals surface area contributed by atoms with E-state index in [-0.39, 0.29) is 7.43 Å². The predicted molar refractivity (Wildman–Crippen MR) is 590 cm³/mol. The number of para-hydroxylation sites is 8. The summed E-state index contributed by atoms with van der Waals surface area (Å²) in [4.78, 5) is 4.61. The van der Waals surface area contributed by atoms with Crippen LogP contribution in [0.15, 0.2) is 546 Å². The van der Waals surface area contributed by atoms with Crippen molar-refractivity contribution >= 4 is 121 Å². The summed E-state index contributed by atoms with van der Waals surface area (Å²) < 4.78 is 9.66. The van der Waals surface area contributed by atoms with E-state index in [0.29, 0.717) is 0 Å². The summed E-state index contributed by atoms with van der Waals surface area (Å²) in [5.41, 5.74) is 39.8. The topological polar surface area (TPSA) is 26.2 Å². The molecule has 0 N–H and O–H groups in total. The Morgan fingerprint density at radius 1 is 0.108 bits per heavy atom. The molecule has 0 aliphatic heterocycles. The number of benzene rings is 22. The van der Waals surface area contributed by atoms with E-state index >= 15 is 0 Å². The van der Waals surface area contributed by atoms with E-state index in [1.807, 2.05) is 0 Å². The molecule has 4 heterocycles. The van der Waals surface area contributed by atoms with Gasteiger partial charge in [-0.3, -0.25) is 0 Å². The highest BCUT2D eigenvalue weighted by molar-refractivity contribution is 6.15. The lowest BCUT2D eigenvalue weighted by atomic mass is 9.93. The number of nitrogens with zero attached hydrogens (tertiary/aromatic N) is 6. The number of anilines is 6. The zero-order chi connectivity index (χ0) is 91.4. The molecule has 26 aromatic rings. The molecular weight excluding hydrogens is 1680 g/mol. The second kappa shape index (κ2) is 36.2. The second-order valence-corrected chi connectivity index (χ2v) is 35.5. The van der Waals surface area contributed by atoms with Gasteiger partial charge >= 0.3 is 0 Å². The monoisotopic (exact) mass is 1770 g/mol. The van der Waals surface area contributed by atoms with Gasteiger partial charge in [0.15, 0.2) is 0 Å². The van der Waals surface area contributed by atoms with Crippen LogP contribution in [0.4, 0.5) is 34.1 Å². The van der Waals surface area contributed by atoms with Crippen molar-refractivity contribution in [1.29, 1.82) is 0 Å². The highest BCUT2D eigenvalue weighted by Crippen LogP contribution is 2.47. The van der Waals surface area contributed by atoms with E-state index in [2.05, 4.69) is 574 Å².